The van der Waals surface area contributed by atoms with E-state index in [4.69, 9.17) is 10.5 Å². The summed E-state index contributed by atoms with van der Waals surface area (Å²) in [4.78, 5) is 25.5. The van der Waals surface area contributed by atoms with Gasteiger partial charge in [0.15, 0.2) is 0 Å². The number of hydrogen-bond acceptors (Lipinski definition) is 6. The lowest BCUT2D eigenvalue weighted by Gasteiger charge is -2.59. The number of halogens is 2. The fourth-order valence-electron chi connectivity index (χ4n) is 3.64. The van der Waals surface area contributed by atoms with Crippen molar-refractivity contribution in [3.63, 3.8) is 0 Å². The van der Waals surface area contributed by atoms with Gasteiger partial charge in [0.2, 0.25) is 11.9 Å². The highest BCUT2D eigenvalue weighted by atomic mass is 35.5. The summed E-state index contributed by atoms with van der Waals surface area (Å²) in [7, 11) is 0. The van der Waals surface area contributed by atoms with E-state index >= 15 is 0 Å². The molecular weight excluding hydrogens is 377 g/mol. The van der Waals surface area contributed by atoms with Crippen LogP contribution in [0, 0.1) is 5.41 Å². The van der Waals surface area contributed by atoms with E-state index in [9.17, 15) is 4.79 Å². The second kappa shape index (κ2) is 8.69. The van der Waals surface area contributed by atoms with Crippen molar-refractivity contribution >= 4 is 36.7 Å². The summed E-state index contributed by atoms with van der Waals surface area (Å²) in [6.07, 6.45) is 4.11. The third-order valence-corrected chi connectivity index (χ3v) is 5.61. The van der Waals surface area contributed by atoms with Gasteiger partial charge in [-0.05, 0) is 13.0 Å². The molecule has 2 aliphatic rings. The SMILES string of the molecule is CCOC1CC(N)(C(=O)N2CCN(c3ncccn3)CC2)C1(C)C.Cl.Cl. The standard InChI is InChI=1S/C17H27N5O2.2ClH/c1-4-24-13-12-17(18,16(13,2)3)14(23)21-8-10-22(11-9-21)15-19-6-5-7-20-15;;/h5-7,13H,4,8-12,18H2,1-3H3;2*1H. The summed E-state index contributed by atoms with van der Waals surface area (Å²) in [5.41, 5.74) is 5.33. The fourth-order valence-corrected chi connectivity index (χ4v) is 3.64. The molecule has 0 radical (unpaired) electrons. The number of hydrogen-bond donors (Lipinski definition) is 1. The van der Waals surface area contributed by atoms with Gasteiger partial charge >= 0.3 is 0 Å². The third kappa shape index (κ3) is 3.76. The molecule has 1 saturated carbocycles. The summed E-state index contributed by atoms with van der Waals surface area (Å²) < 4.78 is 5.73. The Bertz CT molecular complexity index is 596. The average molecular weight is 406 g/mol. The minimum absolute atomic E-state index is 0. The van der Waals surface area contributed by atoms with Gasteiger partial charge in [-0.25, -0.2) is 9.97 Å². The van der Waals surface area contributed by atoms with Crippen molar-refractivity contribution in [2.75, 3.05) is 37.7 Å². The van der Waals surface area contributed by atoms with Crippen molar-refractivity contribution in [1.29, 1.82) is 0 Å². The number of nitrogens with two attached hydrogens (primary N) is 1. The van der Waals surface area contributed by atoms with Crippen molar-refractivity contribution in [1.82, 2.24) is 14.9 Å². The number of carbonyl (C=O) groups excluding carboxylic acids is 1. The maximum Gasteiger partial charge on any atom is 0.243 e. The molecule has 2 unspecified atom stereocenters. The van der Waals surface area contributed by atoms with E-state index in [0.29, 0.717) is 32.1 Å². The Balaban J connectivity index is 0.00000169. The van der Waals surface area contributed by atoms with Gasteiger partial charge in [-0.3, -0.25) is 4.79 Å². The molecule has 9 heteroatoms. The van der Waals surface area contributed by atoms with Gasteiger partial charge in [0.25, 0.3) is 0 Å². The van der Waals surface area contributed by atoms with Gasteiger partial charge in [-0.2, -0.15) is 0 Å². The van der Waals surface area contributed by atoms with Crippen LogP contribution in [0.5, 0.6) is 0 Å². The zero-order chi connectivity index (χ0) is 17.4. The molecule has 26 heavy (non-hydrogen) atoms. The molecule has 1 amide bonds. The first-order valence-corrected chi connectivity index (χ1v) is 8.62. The fraction of sp³-hybridized carbons (Fsp3) is 0.706. The Kier molecular flexibility index (Phi) is 7.65. The normalized spacial score (nSPS) is 27.0. The summed E-state index contributed by atoms with van der Waals surface area (Å²) in [6, 6.07) is 1.80. The lowest BCUT2D eigenvalue weighted by atomic mass is 9.54. The molecule has 1 aromatic rings. The Morgan fingerprint density at radius 2 is 1.81 bits per heavy atom. The number of rotatable bonds is 4. The van der Waals surface area contributed by atoms with Crippen molar-refractivity contribution in [3.8, 4) is 0 Å². The highest BCUT2D eigenvalue weighted by molar-refractivity contribution is 5.89. The van der Waals surface area contributed by atoms with Gasteiger partial charge in [0.1, 0.15) is 5.54 Å². The number of amides is 1. The molecule has 0 spiro atoms. The third-order valence-electron chi connectivity index (χ3n) is 5.61. The molecule has 7 nitrogen and oxygen atoms in total. The van der Waals surface area contributed by atoms with Gasteiger partial charge in [0, 0.05) is 57.0 Å². The number of ether oxygens (including phenoxy) is 1. The summed E-state index contributed by atoms with van der Waals surface area (Å²) in [5, 5.41) is 0. The summed E-state index contributed by atoms with van der Waals surface area (Å²) >= 11 is 0. The first-order valence-electron chi connectivity index (χ1n) is 8.62. The van der Waals surface area contributed by atoms with Crippen LogP contribution in [0.4, 0.5) is 5.95 Å². The number of aromatic nitrogens is 2. The first-order chi connectivity index (χ1) is 11.4. The second-order valence-electron chi connectivity index (χ2n) is 7.17. The number of nitrogens with zero attached hydrogens (tertiary/aromatic N) is 4. The molecular formula is C17H29Cl2N5O2. The molecule has 1 aromatic heterocycles. The molecule has 2 heterocycles. The maximum absolute atomic E-state index is 13.0. The topological polar surface area (TPSA) is 84.6 Å². The van der Waals surface area contributed by atoms with E-state index in [2.05, 4.69) is 14.9 Å². The molecule has 1 aliphatic heterocycles. The highest BCUT2D eigenvalue weighted by Crippen LogP contribution is 2.50. The lowest BCUT2D eigenvalue weighted by molar-refractivity contribution is -0.179. The Hall–Kier alpha value is -1.15. The zero-order valence-corrected chi connectivity index (χ0v) is 17.2. The van der Waals surface area contributed by atoms with Gasteiger partial charge < -0.3 is 20.3 Å². The lowest BCUT2D eigenvalue weighted by Crippen LogP contribution is -2.76. The minimum atomic E-state index is -0.835. The van der Waals surface area contributed by atoms with Crippen LogP contribution in [0.1, 0.15) is 27.2 Å². The highest BCUT2D eigenvalue weighted by Gasteiger charge is 2.63. The van der Waals surface area contributed by atoms with Crippen LogP contribution in [0.3, 0.4) is 0 Å². The predicted octanol–water partition coefficient (Wildman–Crippen LogP) is 1.50. The molecule has 3 rings (SSSR count). The summed E-state index contributed by atoms with van der Waals surface area (Å²) in [5.74, 6) is 0.754. The Morgan fingerprint density at radius 1 is 1.23 bits per heavy atom. The van der Waals surface area contributed by atoms with Crippen LogP contribution in [0.2, 0.25) is 0 Å². The van der Waals surface area contributed by atoms with Crippen LogP contribution in [0.25, 0.3) is 0 Å². The van der Waals surface area contributed by atoms with Crippen LogP contribution in [0.15, 0.2) is 18.5 Å². The predicted molar refractivity (Wildman–Crippen MR) is 106 cm³/mol. The first kappa shape index (κ1) is 22.9. The minimum Gasteiger partial charge on any atom is -0.378 e. The van der Waals surface area contributed by atoms with E-state index in [1.54, 1.807) is 18.5 Å². The van der Waals surface area contributed by atoms with Crippen molar-refractivity contribution in [3.05, 3.63) is 18.5 Å². The number of piperazine rings is 1. The molecule has 2 fully saturated rings. The van der Waals surface area contributed by atoms with Crippen LogP contribution in [-0.4, -0.2) is 65.2 Å². The molecule has 0 aromatic carbocycles. The van der Waals surface area contributed by atoms with Gasteiger partial charge in [-0.1, -0.05) is 13.8 Å². The quantitative estimate of drug-likeness (QED) is 0.816. The van der Waals surface area contributed by atoms with Crippen molar-refractivity contribution in [2.24, 2.45) is 11.1 Å². The zero-order valence-electron chi connectivity index (χ0n) is 15.6. The number of anilines is 1. The van der Waals surface area contributed by atoms with E-state index in [1.165, 1.54) is 0 Å². The molecule has 0 bridgehead atoms. The molecule has 148 valence electrons. The molecule has 2 atom stereocenters. The van der Waals surface area contributed by atoms with Crippen LogP contribution in [-0.2, 0) is 9.53 Å². The van der Waals surface area contributed by atoms with Gasteiger partial charge in [-0.15, -0.1) is 24.8 Å². The van der Waals surface area contributed by atoms with Crippen LogP contribution >= 0.6 is 24.8 Å². The van der Waals surface area contributed by atoms with Crippen molar-refractivity contribution in [2.45, 2.75) is 38.8 Å². The largest absolute Gasteiger partial charge is 0.378 e. The molecule has 2 N–H and O–H groups in total. The van der Waals surface area contributed by atoms with Crippen LogP contribution < -0.4 is 10.6 Å². The van der Waals surface area contributed by atoms with E-state index in [0.717, 1.165) is 13.1 Å². The van der Waals surface area contributed by atoms with E-state index in [-0.39, 0.29) is 42.2 Å². The molecule has 1 aliphatic carbocycles. The number of carbonyl (C=O) groups is 1. The van der Waals surface area contributed by atoms with E-state index < -0.39 is 5.54 Å². The Morgan fingerprint density at radius 3 is 2.31 bits per heavy atom. The van der Waals surface area contributed by atoms with Crippen molar-refractivity contribution < 1.29 is 9.53 Å². The Labute approximate surface area is 167 Å². The monoisotopic (exact) mass is 405 g/mol. The summed E-state index contributed by atoms with van der Waals surface area (Å²) in [6.45, 7) is 9.41. The van der Waals surface area contributed by atoms with E-state index in [1.807, 2.05) is 25.7 Å². The van der Waals surface area contributed by atoms with Gasteiger partial charge in [0.05, 0.1) is 6.10 Å². The maximum atomic E-state index is 13.0. The second-order valence-corrected chi connectivity index (χ2v) is 7.17. The average Bonchev–Trinajstić information content (AvgIpc) is 2.61. The molecule has 1 saturated heterocycles. The smallest absolute Gasteiger partial charge is 0.243 e.